The third-order valence-electron chi connectivity index (χ3n) is 9.37. The highest BCUT2D eigenvalue weighted by atomic mass is 35.5. The molecule has 2 aromatic heterocycles. The first-order valence-electron chi connectivity index (χ1n) is 17.0. The van der Waals surface area contributed by atoms with Crippen LogP contribution in [0.5, 0.6) is 5.75 Å². The highest BCUT2D eigenvalue weighted by Gasteiger charge is 2.32. The minimum absolute atomic E-state index is 0.0217. The first-order chi connectivity index (χ1) is 23.6. The number of hydrogen-bond acceptors (Lipinski definition) is 9. The molecule has 6 rings (SSSR count). The lowest BCUT2D eigenvalue weighted by Gasteiger charge is -2.35. The number of alkyl halides is 3. The Morgan fingerprint density at radius 2 is 1.69 bits per heavy atom. The highest BCUT2D eigenvalue weighted by Crippen LogP contribution is 2.34. The van der Waals surface area contributed by atoms with E-state index >= 15 is 0 Å². The van der Waals surface area contributed by atoms with Crippen molar-refractivity contribution in [1.29, 1.82) is 0 Å². The normalized spacial score (nSPS) is 18.9. The first-order valence-corrected chi connectivity index (χ1v) is 17.3. The second-order valence-electron chi connectivity index (χ2n) is 13.1. The van der Waals surface area contributed by atoms with E-state index in [0.29, 0.717) is 43.4 Å². The van der Waals surface area contributed by atoms with Crippen LogP contribution in [0.4, 0.5) is 30.8 Å². The summed E-state index contributed by atoms with van der Waals surface area (Å²) in [7, 11) is 4.03. The summed E-state index contributed by atoms with van der Waals surface area (Å²) < 4.78 is 44.8. The van der Waals surface area contributed by atoms with Crippen LogP contribution in [0, 0.1) is 5.92 Å². The van der Waals surface area contributed by atoms with Gasteiger partial charge in [0.25, 0.3) is 0 Å². The molecule has 9 nitrogen and oxygen atoms in total. The first kappa shape index (κ1) is 35.0. The van der Waals surface area contributed by atoms with Gasteiger partial charge in [0.1, 0.15) is 24.0 Å². The summed E-state index contributed by atoms with van der Waals surface area (Å²) in [6, 6.07) is 17.7. The van der Waals surface area contributed by atoms with Crippen LogP contribution >= 0.6 is 11.6 Å². The summed E-state index contributed by atoms with van der Waals surface area (Å²) in [5.41, 5.74) is 1.34. The number of rotatable bonds is 12. The number of nitrogens with zero attached hydrogens (tertiary/aromatic N) is 6. The van der Waals surface area contributed by atoms with Gasteiger partial charge in [-0.3, -0.25) is 4.90 Å². The Morgan fingerprint density at radius 3 is 2.39 bits per heavy atom. The molecule has 2 N–H and O–H groups in total. The fraction of sp³-hybridized carbons (Fsp3) is 0.472. The maximum Gasteiger partial charge on any atom is 0.417 e. The zero-order valence-electron chi connectivity index (χ0n) is 28.0. The van der Waals surface area contributed by atoms with Crippen LogP contribution in [-0.2, 0) is 12.7 Å². The Kier molecular flexibility index (Phi) is 11.3. The van der Waals surface area contributed by atoms with Gasteiger partial charge in [-0.2, -0.15) is 18.2 Å². The molecule has 262 valence electrons. The molecule has 1 aliphatic heterocycles. The second kappa shape index (κ2) is 15.8. The lowest BCUT2D eigenvalue weighted by molar-refractivity contribution is -0.137. The SMILES string of the molecule is CN(C)c1nc(NC2CCC(CNCc3ccc(OCCN4CCN(c5ncc(C(F)(F)F)cc5Cl)CC4)cc3)CC2)nc2ccccc12. The Labute approximate surface area is 290 Å². The van der Waals surface area contributed by atoms with E-state index in [-0.39, 0.29) is 5.02 Å². The van der Waals surface area contributed by atoms with Crippen molar-refractivity contribution in [3.63, 3.8) is 0 Å². The van der Waals surface area contributed by atoms with Crippen molar-refractivity contribution in [1.82, 2.24) is 25.2 Å². The summed E-state index contributed by atoms with van der Waals surface area (Å²) in [4.78, 5) is 19.8. The average Bonchev–Trinajstić information content (AvgIpc) is 3.09. The molecule has 13 heteroatoms. The molecule has 0 unspecified atom stereocenters. The number of halogens is 4. The summed E-state index contributed by atoms with van der Waals surface area (Å²) in [5.74, 6) is 3.52. The minimum Gasteiger partial charge on any atom is -0.492 e. The van der Waals surface area contributed by atoms with E-state index in [1.54, 1.807) is 0 Å². The quantitative estimate of drug-likeness (QED) is 0.168. The van der Waals surface area contributed by atoms with E-state index in [4.69, 9.17) is 26.3 Å². The Morgan fingerprint density at radius 1 is 0.959 bits per heavy atom. The third kappa shape index (κ3) is 9.23. The van der Waals surface area contributed by atoms with E-state index in [1.165, 1.54) is 18.4 Å². The van der Waals surface area contributed by atoms with E-state index in [2.05, 4.69) is 38.7 Å². The molecular weight excluding hydrogens is 653 g/mol. The molecule has 0 radical (unpaired) electrons. The number of pyridine rings is 1. The van der Waals surface area contributed by atoms with Gasteiger partial charge in [-0.05, 0) is 74.0 Å². The fourth-order valence-corrected chi connectivity index (χ4v) is 6.86. The lowest BCUT2D eigenvalue weighted by atomic mass is 9.86. The molecule has 2 fully saturated rings. The van der Waals surface area contributed by atoms with Crippen molar-refractivity contribution in [3.05, 3.63) is 76.9 Å². The van der Waals surface area contributed by atoms with Crippen LogP contribution < -0.4 is 25.2 Å². The smallest absolute Gasteiger partial charge is 0.417 e. The topological polar surface area (TPSA) is 81.7 Å². The van der Waals surface area contributed by atoms with Crippen molar-refractivity contribution < 1.29 is 17.9 Å². The van der Waals surface area contributed by atoms with Crippen molar-refractivity contribution in [2.75, 3.05) is 75.1 Å². The highest BCUT2D eigenvalue weighted by molar-refractivity contribution is 6.33. The summed E-state index contributed by atoms with van der Waals surface area (Å²) in [6.45, 7) is 5.90. The van der Waals surface area contributed by atoms with E-state index in [1.807, 2.05) is 54.2 Å². The monoisotopic (exact) mass is 696 g/mol. The zero-order chi connectivity index (χ0) is 34.4. The van der Waals surface area contributed by atoms with E-state index in [9.17, 15) is 13.2 Å². The van der Waals surface area contributed by atoms with Gasteiger partial charge in [0.15, 0.2) is 0 Å². The molecule has 1 saturated heterocycles. The second-order valence-corrected chi connectivity index (χ2v) is 13.5. The van der Waals surface area contributed by atoms with Crippen LogP contribution in [0.3, 0.4) is 0 Å². The minimum atomic E-state index is -4.46. The van der Waals surface area contributed by atoms with Gasteiger partial charge >= 0.3 is 6.18 Å². The molecule has 0 amide bonds. The molecular formula is C36H44ClF3N8O. The standard InChI is InChI=1S/C36H44ClF3N8O/c1-46(2)33-30-5-3-4-6-32(30)44-35(45-33)43-28-11-7-25(8-12-28)22-41-23-26-9-13-29(14-10-26)49-20-19-47-15-17-48(18-16-47)34-31(37)21-27(24-42-34)36(38,39)40/h3-6,9-10,13-14,21,24-25,28,41H,7-8,11-12,15-20,22-23H2,1-2H3,(H,43,44,45). The number of aromatic nitrogens is 3. The molecule has 1 saturated carbocycles. The van der Waals surface area contributed by atoms with Crippen LogP contribution in [-0.4, -0.2) is 85.9 Å². The number of anilines is 3. The largest absolute Gasteiger partial charge is 0.492 e. The van der Waals surface area contributed by atoms with Crippen LogP contribution in [0.2, 0.25) is 5.02 Å². The van der Waals surface area contributed by atoms with Crippen molar-refractivity contribution in [3.8, 4) is 5.75 Å². The van der Waals surface area contributed by atoms with Crippen LogP contribution in [0.25, 0.3) is 10.9 Å². The molecule has 4 aromatic rings. The Bertz CT molecular complexity index is 1670. The molecule has 2 aromatic carbocycles. The van der Waals surface area contributed by atoms with Crippen LogP contribution in [0.1, 0.15) is 36.8 Å². The van der Waals surface area contributed by atoms with Crippen LogP contribution in [0.15, 0.2) is 60.8 Å². The predicted molar refractivity (Wildman–Crippen MR) is 190 cm³/mol. The third-order valence-corrected chi connectivity index (χ3v) is 9.65. The van der Waals surface area contributed by atoms with Gasteiger partial charge in [-0.15, -0.1) is 0 Å². The predicted octanol–water partition coefficient (Wildman–Crippen LogP) is 6.72. The summed E-state index contributed by atoms with van der Waals surface area (Å²) in [6.07, 6.45) is 0.925. The van der Waals surface area contributed by atoms with Crippen molar-refractivity contribution in [2.45, 2.75) is 44.4 Å². The van der Waals surface area contributed by atoms with Gasteiger partial charge in [0.05, 0.1) is 16.1 Å². The number of para-hydroxylation sites is 1. The Hall–Kier alpha value is -3.87. The number of fused-ring (bicyclic) bond motifs is 1. The molecule has 0 atom stereocenters. The number of piperazine rings is 1. The Balaban J connectivity index is 0.861. The molecule has 49 heavy (non-hydrogen) atoms. The summed E-state index contributed by atoms with van der Waals surface area (Å²) in [5, 5.41) is 8.33. The van der Waals surface area contributed by atoms with E-state index < -0.39 is 11.7 Å². The number of nitrogens with one attached hydrogen (secondary N) is 2. The number of ether oxygens (including phenoxy) is 1. The number of hydrogen-bond donors (Lipinski definition) is 2. The van der Waals surface area contributed by atoms with Gasteiger partial charge in [0, 0.05) is 71.0 Å². The number of benzene rings is 2. The maximum atomic E-state index is 12.9. The van der Waals surface area contributed by atoms with Gasteiger partial charge < -0.3 is 25.2 Å². The van der Waals surface area contributed by atoms with Crippen molar-refractivity contribution in [2.24, 2.45) is 5.92 Å². The lowest BCUT2D eigenvalue weighted by Crippen LogP contribution is -2.47. The maximum absolute atomic E-state index is 12.9. The van der Waals surface area contributed by atoms with Gasteiger partial charge in [0.2, 0.25) is 5.95 Å². The average molecular weight is 697 g/mol. The summed E-state index contributed by atoms with van der Waals surface area (Å²) >= 11 is 6.13. The van der Waals surface area contributed by atoms with Gasteiger partial charge in [-0.25, -0.2) is 9.97 Å². The van der Waals surface area contributed by atoms with Crippen molar-refractivity contribution >= 4 is 40.1 Å². The molecule has 3 heterocycles. The zero-order valence-corrected chi connectivity index (χ0v) is 28.8. The molecule has 0 bridgehead atoms. The molecule has 2 aliphatic rings. The van der Waals surface area contributed by atoms with E-state index in [0.717, 1.165) is 80.3 Å². The molecule has 1 aliphatic carbocycles. The fourth-order valence-electron chi connectivity index (χ4n) is 6.58. The molecule has 0 spiro atoms. The van der Waals surface area contributed by atoms with Gasteiger partial charge in [-0.1, -0.05) is 35.9 Å².